The van der Waals surface area contributed by atoms with Gasteiger partial charge in [-0.05, 0) is 74.8 Å². The van der Waals surface area contributed by atoms with Crippen LogP contribution in [0.1, 0.15) is 57.6 Å². The van der Waals surface area contributed by atoms with E-state index in [4.69, 9.17) is 4.74 Å². The average Bonchev–Trinajstić information content (AvgIpc) is 3.13. The van der Waals surface area contributed by atoms with Crippen LogP contribution in [0.25, 0.3) is 0 Å². The number of carbonyl (C=O) groups is 2. The maximum atomic E-state index is 13.4. The number of nitrogens with zero attached hydrogens (tertiary/aromatic N) is 3. The van der Waals surface area contributed by atoms with Crippen LogP contribution in [0.15, 0.2) is 18.3 Å². The Hall–Kier alpha value is -2.02. The van der Waals surface area contributed by atoms with Crippen LogP contribution >= 0.6 is 0 Å². The number of rotatable bonds is 10. The zero-order valence-electron chi connectivity index (χ0n) is 20.0. The van der Waals surface area contributed by atoms with Crippen molar-refractivity contribution < 1.29 is 14.3 Å². The lowest BCUT2D eigenvalue weighted by molar-refractivity contribution is -0.133. The third kappa shape index (κ3) is 5.13. The normalized spacial score (nSPS) is 28.0. The number of hydrogen-bond donors (Lipinski definition) is 1. The molecule has 32 heavy (non-hydrogen) atoms. The topological polar surface area (TPSA) is 66.8 Å². The summed E-state index contributed by atoms with van der Waals surface area (Å²) >= 11 is 0. The van der Waals surface area contributed by atoms with Crippen molar-refractivity contribution in [3.8, 4) is 0 Å². The van der Waals surface area contributed by atoms with Gasteiger partial charge in [-0.25, -0.2) is 4.79 Å². The predicted molar refractivity (Wildman–Crippen MR) is 124 cm³/mol. The standard InChI is InChI=1S/C25H40N4O3/c1-4-7-29(18-23(30)28(9-10-32-3)17-22-6-5-8-27(22)2)24(31)26-25-14-19-11-20(15-25)13-21(12-19)16-25/h5-6,8,19-21H,4,7,9-18H2,1-3H3,(H,26,31). The van der Waals surface area contributed by atoms with Gasteiger partial charge in [0.1, 0.15) is 6.54 Å². The quantitative estimate of drug-likeness (QED) is 0.602. The Morgan fingerprint density at radius 3 is 2.31 bits per heavy atom. The van der Waals surface area contributed by atoms with Gasteiger partial charge in [0.05, 0.1) is 13.2 Å². The van der Waals surface area contributed by atoms with Crippen LogP contribution in [0.3, 0.4) is 0 Å². The van der Waals surface area contributed by atoms with E-state index in [0.29, 0.717) is 26.2 Å². The molecule has 178 valence electrons. The lowest BCUT2D eigenvalue weighted by atomic mass is 9.53. The van der Waals surface area contributed by atoms with Crippen LogP contribution in [0, 0.1) is 17.8 Å². The molecule has 1 aromatic heterocycles. The van der Waals surface area contributed by atoms with Crippen molar-refractivity contribution in [3.05, 3.63) is 24.0 Å². The van der Waals surface area contributed by atoms with E-state index >= 15 is 0 Å². The van der Waals surface area contributed by atoms with Crippen molar-refractivity contribution >= 4 is 11.9 Å². The third-order valence-corrected chi connectivity index (χ3v) is 7.84. The van der Waals surface area contributed by atoms with Crippen LogP contribution in [0.5, 0.6) is 0 Å². The molecule has 0 spiro atoms. The molecule has 3 amide bonds. The van der Waals surface area contributed by atoms with Crippen molar-refractivity contribution in [1.29, 1.82) is 0 Å². The van der Waals surface area contributed by atoms with E-state index in [2.05, 4.69) is 12.2 Å². The molecule has 1 heterocycles. The lowest BCUT2D eigenvalue weighted by Crippen LogP contribution is -2.62. The van der Waals surface area contributed by atoms with Crippen molar-refractivity contribution in [2.75, 3.05) is 33.4 Å². The summed E-state index contributed by atoms with van der Waals surface area (Å²) in [6.45, 7) is 4.26. The zero-order chi connectivity index (χ0) is 22.7. The Morgan fingerprint density at radius 2 is 1.78 bits per heavy atom. The monoisotopic (exact) mass is 444 g/mol. The molecular formula is C25H40N4O3. The molecule has 0 saturated heterocycles. The second-order valence-corrected chi connectivity index (χ2v) is 10.5. The van der Waals surface area contributed by atoms with E-state index in [9.17, 15) is 9.59 Å². The fourth-order valence-corrected chi connectivity index (χ4v) is 6.70. The molecule has 1 N–H and O–H groups in total. The second-order valence-electron chi connectivity index (χ2n) is 10.5. The number of urea groups is 1. The van der Waals surface area contributed by atoms with Crippen LogP contribution in [-0.2, 0) is 23.1 Å². The maximum Gasteiger partial charge on any atom is 0.318 e. The Bertz CT molecular complexity index is 770. The lowest BCUT2D eigenvalue weighted by Gasteiger charge is -2.57. The van der Waals surface area contributed by atoms with Gasteiger partial charge in [-0.1, -0.05) is 6.92 Å². The number of amides is 3. The number of nitrogens with one attached hydrogen (secondary N) is 1. The molecule has 7 nitrogen and oxygen atoms in total. The van der Waals surface area contributed by atoms with Crippen LogP contribution in [0.4, 0.5) is 4.79 Å². The molecule has 0 radical (unpaired) electrons. The predicted octanol–water partition coefficient (Wildman–Crippen LogP) is 3.39. The minimum absolute atomic E-state index is 0.0302. The fraction of sp³-hybridized carbons (Fsp3) is 0.760. The van der Waals surface area contributed by atoms with E-state index in [1.807, 2.05) is 29.9 Å². The largest absolute Gasteiger partial charge is 0.383 e. The number of ether oxygens (including phenoxy) is 1. The van der Waals surface area contributed by atoms with E-state index in [-0.39, 0.29) is 24.0 Å². The molecule has 0 aromatic carbocycles. The summed E-state index contributed by atoms with van der Waals surface area (Å²) in [6, 6.07) is 3.94. The van der Waals surface area contributed by atoms with Gasteiger partial charge in [0, 0.05) is 44.7 Å². The molecule has 0 unspecified atom stereocenters. The van der Waals surface area contributed by atoms with Gasteiger partial charge in [-0.15, -0.1) is 0 Å². The van der Waals surface area contributed by atoms with Crippen molar-refractivity contribution in [1.82, 2.24) is 19.7 Å². The number of hydrogen-bond acceptors (Lipinski definition) is 3. The number of carbonyl (C=O) groups excluding carboxylic acids is 2. The van der Waals surface area contributed by atoms with Crippen molar-refractivity contribution in [3.63, 3.8) is 0 Å². The fourth-order valence-electron chi connectivity index (χ4n) is 6.70. The number of methoxy groups -OCH3 is 1. The Balaban J connectivity index is 1.41. The summed E-state index contributed by atoms with van der Waals surface area (Å²) in [7, 11) is 3.63. The third-order valence-electron chi connectivity index (χ3n) is 7.84. The van der Waals surface area contributed by atoms with Gasteiger partial charge in [-0.2, -0.15) is 0 Å². The van der Waals surface area contributed by atoms with Gasteiger partial charge >= 0.3 is 6.03 Å². The first-order valence-corrected chi connectivity index (χ1v) is 12.4. The van der Waals surface area contributed by atoms with E-state index < -0.39 is 0 Å². The van der Waals surface area contributed by atoms with Gasteiger partial charge in [0.2, 0.25) is 5.91 Å². The van der Waals surface area contributed by atoms with Crippen molar-refractivity contribution in [2.45, 2.75) is 64.0 Å². The molecule has 7 heteroatoms. The molecule has 0 atom stereocenters. The highest BCUT2D eigenvalue weighted by molar-refractivity contribution is 5.84. The van der Waals surface area contributed by atoms with Crippen LogP contribution < -0.4 is 5.32 Å². The van der Waals surface area contributed by atoms with E-state index in [0.717, 1.165) is 49.1 Å². The number of aryl methyl sites for hydroxylation is 1. The first kappa shape index (κ1) is 23.1. The molecule has 4 aliphatic rings. The minimum Gasteiger partial charge on any atom is -0.383 e. The molecule has 4 aliphatic carbocycles. The molecule has 1 aromatic rings. The van der Waals surface area contributed by atoms with E-state index in [1.165, 1.54) is 19.3 Å². The summed E-state index contributed by atoms with van der Waals surface area (Å²) in [6.07, 6.45) is 10.2. The van der Waals surface area contributed by atoms with Gasteiger partial charge in [-0.3, -0.25) is 4.79 Å². The summed E-state index contributed by atoms with van der Waals surface area (Å²) < 4.78 is 7.26. The van der Waals surface area contributed by atoms with E-state index in [1.54, 1.807) is 16.9 Å². The minimum atomic E-state index is -0.0623. The maximum absolute atomic E-state index is 13.4. The highest BCUT2D eigenvalue weighted by Crippen LogP contribution is 2.55. The first-order chi connectivity index (χ1) is 15.4. The van der Waals surface area contributed by atoms with Crippen molar-refractivity contribution in [2.24, 2.45) is 24.8 Å². The SMILES string of the molecule is CCCN(CC(=O)N(CCOC)Cc1cccn1C)C(=O)NC12CC3CC(CC(C3)C1)C2. The Morgan fingerprint density at radius 1 is 1.12 bits per heavy atom. The highest BCUT2D eigenvalue weighted by atomic mass is 16.5. The first-order valence-electron chi connectivity index (χ1n) is 12.4. The zero-order valence-corrected chi connectivity index (χ0v) is 20.0. The summed E-state index contributed by atoms with van der Waals surface area (Å²) in [5, 5.41) is 3.44. The molecule has 5 rings (SSSR count). The average molecular weight is 445 g/mol. The summed E-state index contributed by atoms with van der Waals surface area (Å²) in [4.78, 5) is 30.2. The Labute approximate surface area is 192 Å². The van der Waals surface area contributed by atoms with Gasteiger partial charge in [0.15, 0.2) is 0 Å². The van der Waals surface area contributed by atoms with Crippen LogP contribution in [0.2, 0.25) is 0 Å². The molecule has 4 fully saturated rings. The molecule has 0 aliphatic heterocycles. The highest BCUT2D eigenvalue weighted by Gasteiger charge is 2.51. The number of aromatic nitrogens is 1. The van der Waals surface area contributed by atoms with Gasteiger partial charge in [0.25, 0.3) is 0 Å². The molecule has 4 bridgehead atoms. The van der Waals surface area contributed by atoms with Crippen LogP contribution in [-0.4, -0.2) is 65.2 Å². The van der Waals surface area contributed by atoms with Gasteiger partial charge < -0.3 is 24.4 Å². The summed E-state index contributed by atoms with van der Waals surface area (Å²) in [5.41, 5.74) is 1.02. The summed E-state index contributed by atoms with van der Waals surface area (Å²) in [5.74, 6) is 2.30. The molecule has 4 saturated carbocycles. The molecular weight excluding hydrogens is 404 g/mol. The smallest absolute Gasteiger partial charge is 0.318 e. The second kappa shape index (κ2) is 9.86. The Kier molecular flexibility index (Phi) is 7.13.